The maximum atomic E-state index is 10.2. The van der Waals surface area contributed by atoms with Crippen molar-refractivity contribution in [3.8, 4) is 28.6 Å². The predicted molar refractivity (Wildman–Crippen MR) is 163 cm³/mol. The zero-order valence-corrected chi connectivity index (χ0v) is 21.5. The fourth-order valence-electron chi connectivity index (χ4n) is 6.11. The summed E-state index contributed by atoms with van der Waals surface area (Å²) in [5.41, 5.74) is 8.72. The average molecular weight is 511 g/mol. The summed E-state index contributed by atoms with van der Waals surface area (Å²) in [4.78, 5) is 4.62. The van der Waals surface area contributed by atoms with E-state index in [4.69, 9.17) is 0 Å². The van der Waals surface area contributed by atoms with E-state index in [2.05, 4.69) is 129 Å². The average Bonchev–Trinajstić information content (AvgIpc) is 3.54. The summed E-state index contributed by atoms with van der Waals surface area (Å²) in [5.74, 6) is 0. The summed E-state index contributed by atoms with van der Waals surface area (Å²) < 4.78 is 4.57. The highest BCUT2D eigenvalue weighted by Gasteiger charge is 2.22. The molecule has 186 valence electrons. The van der Waals surface area contributed by atoms with Gasteiger partial charge in [-0.25, -0.2) is 4.98 Å². The molecule has 0 aliphatic rings. The molecular weight excluding hydrogens is 488 g/mol. The molecule has 0 radical (unpaired) electrons. The van der Waals surface area contributed by atoms with E-state index in [0.29, 0.717) is 5.69 Å². The van der Waals surface area contributed by atoms with Gasteiger partial charge in [-0.05, 0) is 42.0 Å². The quantitative estimate of drug-likeness (QED) is 0.238. The Balaban J connectivity index is 1.56. The summed E-state index contributed by atoms with van der Waals surface area (Å²) in [6, 6.07) is 46.6. The second kappa shape index (κ2) is 8.69. The Bertz CT molecular complexity index is 2270. The lowest BCUT2D eigenvalue weighted by molar-refractivity contribution is 1.12. The van der Waals surface area contributed by atoms with E-state index in [1.54, 1.807) is 6.20 Å². The van der Waals surface area contributed by atoms with Gasteiger partial charge in [0, 0.05) is 39.0 Å². The molecule has 3 heterocycles. The smallest absolute Gasteiger partial charge is 0.164 e. The minimum atomic E-state index is 0.394. The van der Waals surface area contributed by atoms with Gasteiger partial charge in [0.25, 0.3) is 0 Å². The number of para-hydroxylation sites is 3. The highest BCUT2D eigenvalue weighted by molar-refractivity contribution is 6.26. The molecule has 0 N–H and O–H groups in total. The number of nitriles is 1. The van der Waals surface area contributed by atoms with Crippen molar-refractivity contribution in [2.45, 2.75) is 0 Å². The second-order valence-electron chi connectivity index (χ2n) is 9.97. The molecule has 0 bridgehead atoms. The first-order valence-corrected chi connectivity index (χ1v) is 13.3. The van der Waals surface area contributed by atoms with Crippen molar-refractivity contribution in [3.05, 3.63) is 139 Å². The Morgan fingerprint density at radius 3 is 1.95 bits per heavy atom. The molecule has 0 spiro atoms. The number of benzene rings is 5. The van der Waals surface area contributed by atoms with Crippen LogP contribution in [-0.2, 0) is 0 Å². The number of fused-ring (bicyclic) bond motifs is 7. The van der Waals surface area contributed by atoms with Crippen molar-refractivity contribution in [2.24, 2.45) is 0 Å². The summed E-state index contributed by atoms with van der Waals surface area (Å²) in [5, 5.41) is 14.9. The lowest BCUT2D eigenvalue weighted by atomic mass is 10.1. The van der Waals surface area contributed by atoms with Crippen LogP contribution in [0.25, 0.3) is 66.1 Å². The van der Waals surface area contributed by atoms with Gasteiger partial charge in [0.05, 0.1) is 27.8 Å². The molecule has 0 aliphatic carbocycles. The fraction of sp³-hybridized carbons (Fsp3) is 0. The molecule has 4 heteroatoms. The molecular formula is C36H22N4. The third kappa shape index (κ3) is 3.15. The second-order valence-corrected chi connectivity index (χ2v) is 9.97. The number of hydrogen-bond acceptors (Lipinski definition) is 2. The summed E-state index contributed by atoms with van der Waals surface area (Å²) in [7, 11) is 0. The van der Waals surface area contributed by atoms with Crippen molar-refractivity contribution < 1.29 is 0 Å². The Morgan fingerprint density at radius 2 is 1.20 bits per heavy atom. The monoisotopic (exact) mass is 510 g/mol. The van der Waals surface area contributed by atoms with E-state index in [-0.39, 0.29) is 0 Å². The molecule has 40 heavy (non-hydrogen) atoms. The summed E-state index contributed by atoms with van der Waals surface area (Å²) >= 11 is 0. The Morgan fingerprint density at radius 1 is 0.550 bits per heavy atom. The minimum Gasteiger partial charge on any atom is -0.309 e. The number of nitrogens with zero attached hydrogens (tertiary/aromatic N) is 4. The zero-order valence-electron chi connectivity index (χ0n) is 21.5. The first kappa shape index (κ1) is 22.3. The van der Waals surface area contributed by atoms with Crippen LogP contribution in [-0.4, -0.2) is 14.1 Å². The van der Waals surface area contributed by atoms with Crippen LogP contribution in [0.5, 0.6) is 0 Å². The Labute approximate surface area is 230 Å². The van der Waals surface area contributed by atoms with Crippen LogP contribution in [0.4, 0.5) is 0 Å². The highest BCUT2D eigenvalue weighted by Crippen LogP contribution is 2.42. The van der Waals surface area contributed by atoms with Crippen LogP contribution >= 0.6 is 0 Å². The fourth-order valence-corrected chi connectivity index (χ4v) is 6.11. The molecule has 0 saturated carbocycles. The number of aromatic nitrogens is 3. The minimum absolute atomic E-state index is 0.394. The van der Waals surface area contributed by atoms with E-state index in [9.17, 15) is 5.26 Å². The molecule has 0 aliphatic heterocycles. The van der Waals surface area contributed by atoms with Gasteiger partial charge in [-0.1, -0.05) is 91.0 Å². The van der Waals surface area contributed by atoms with E-state index in [0.717, 1.165) is 49.8 Å². The number of rotatable bonds is 3. The number of pyridine rings is 1. The maximum absolute atomic E-state index is 10.2. The van der Waals surface area contributed by atoms with Crippen LogP contribution in [0.2, 0.25) is 0 Å². The van der Waals surface area contributed by atoms with Crippen LogP contribution in [0.1, 0.15) is 5.69 Å². The molecule has 3 aromatic heterocycles. The Hall–Kier alpha value is -5.66. The van der Waals surface area contributed by atoms with Crippen LogP contribution in [0.3, 0.4) is 0 Å². The van der Waals surface area contributed by atoms with Crippen LogP contribution < -0.4 is 0 Å². The van der Waals surface area contributed by atoms with Crippen LogP contribution in [0.15, 0.2) is 134 Å². The predicted octanol–water partition coefficient (Wildman–Crippen LogP) is 8.81. The van der Waals surface area contributed by atoms with E-state index < -0.39 is 0 Å². The highest BCUT2D eigenvalue weighted by atomic mass is 15.0. The van der Waals surface area contributed by atoms with Gasteiger partial charge in [-0.3, -0.25) is 0 Å². The standard InChI is InChI=1S/C36H22N4/c37-22-30-34(21-25(23-38-30)24-11-3-1-4-12-24)40-32-18-10-8-16-29(32)35-33(40)20-19-28-27-15-7-9-17-31(27)39(36(28)35)26-13-5-2-6-14-26/h1-21,23H. The normalized spacial score (nSPS) is 11.5. The molecule has 4 nitrogen and oxygen atoms in total. The van der Waals surface area contributed by atoms with E-state index in [1.165, 1.54) is 16.3 Å². The van der Waals surface area contributed by atoms with Crippen molar-refractivity contribution in [3.63, 3.8) is 0 Å². The lowest BCUT2D eigenvalue weighted by Crippen LogP contribution is -2.00. The molecule has 5 aromatic carbocycles. The largest absolute Gasteiger partial charge is 0.309 e. The molecule has 0 unspecified atom stereocenters. The van der Waals surface area contributed by atoms with Crippen molar-refractivity contribution in [1.82, 2.24) is 14.1 Å². The van der Waals surface area contributed by atoms with Gasteiger partial charge < -0.3 is 9.13 Å². The molecule has 0 saturated heterocycles. The van der Waals surface area contributed by atoms with Gasteiger partial charge in [0.1, 0.15) is 6.07 Å². The van der Waals surface area contributed by atoms with Gasteiger partial charge in [-0.2, -0.15) is 5.26 Å². The van der Waals surface area contributed by atoms with Crippen molar-refractivity contribution >= 4 is 43.6 Å². The molecule has 0 fully saturated rings. The lowest BCUT2D eigenvalue weighted by Gasteiger charge is -2.12. The SMILES string of the molecule is N#Cc1ncc(-c2ccccc2)cc1-n1c2ccccc2c2c1ccc1c3ccccc3n(-c3ccccc3)c12. The van der Waals surface area contributed by atoms with Crippen molar-refractivity contribution in [2.75, 3.05) is 0 Å². The third-order valence-corrected chi connectivity index (χ3v) is 7.81. The topological polar surface area (TPSA) is 46.5 Å². The van der Waals surface area contributed by atoms with Crippen molar-refractivity contribution in [1.29, 1.82) is 5.26 Å². The molecule has 0 amide bonds. The maximum Gasteiger partial charge on any atom is 0.164 e. The molecule has 0 atom stereocenters. The first-order chi connectivity index (χ1) is 19.8. The van der Waals surface area contributed by atoms with Gasteiger partial charge in [-0.15, -0.1) is 0 Å². The van der Waals surface area contributed by atoms with E-state index >= 15 is 0 Å². The number of hydrogen-bond donors (Lipinski definition) is 0. The van der Waals surface area contributed by atoms with Gasteiger partial charge >= 0.3 is 0 Å². The Kier molecular flexibility index (Phi) is 4.85. The third-order valence-electron chi connectivity index (χ3n) is 7.81. The molecule has 8 rings (SSSR count). The first-order valence-electron chi connectivity index (χ1n) is 13.3. The summed E-state index contributed by atoms with van der Waals surface area (Å²) in [6.07, 6.45) is 1.79. The van der Waals surface area contributed by atoms with E-state index in [1.807, 2.05) is 18.2 Å². The zero-order chi connectivity index (χ0) is 26.6. The van der Waals surface area contributed by atoms with Gasteiger partial charge in [0.2, 0.25) is 0 Å². The van der Waals surface area contributed by atoms with Gasteiger partial charge in [0.15, 0.2) is 5.69 Å². The van der Waals surface area contributed by atoms with Crippen LogP contribution in [0, 0.1) is 11.3 Å². The molecule has 8 aromatic rings. The summed E-state index contributed by atoms with van der Waals surface area (Å²) in [6.45, 7) is 0.